The minimum absolute atomic E-state index is 0. The Labute approximate surface area is 160 Å². The van der Waals surface area contributed by atoms with Crippen LogP contribution in [0.3, 0.4) is 0 Å². The molecule has 7 heteroatoms. The van der Waals surface area contributed by atoms with Gasteiger partial charge in [-0.25, -0.2) is 0 Å². The van der Waals surface area contributed by atoms with Crippen molar-refractivity contribution in [2.75, 3.05) is 27.2 Å². The Bertz CT molecular complexity index is 498. The highest BCUT2D eigenvalue weighted by Gasteiger charge is 2.01. The SMILES string of the molecule is CN=C(NCCCCC(=O)OC)NCCc1cccc(Cl)c1.I. The minimum atomic E-state index is -0.163. The van der Waals surface area contributed by atoms with E-state index in [1.807, 2.05) is 18.2 Å². The molecular weight excluding hydrogens is 429 g/mol. The number of esters is 1. The van der Waals surface area contributed by atoms with E-state index in [9.17, 15) is 4.79 Å². The van der Waals surface area contributed by atoms with E-state index in [1.54, 1.807) is 7.05 Å². The number of rotatable bonds is 8. The molecule has 1 aromatic carbocycles. The van der Waals surface area contributed by atoms with Gasteiger partial charge in [-0.15, -0.1) is 24.0 Å². The van der Waals surface area contributed by atoms with E-state index in [0.29, 0.717) is 6.42 Å². The molecule has 23 heavy (non-hydrogen) atoms. The molecular formula is C16H25ClIN3O2. The second-order valence-electron chi connectivity index (χ2n) is 4.84. The predicted molar refractivity (Wildman–Crippen MR) is 106 cm³/mol. The molecule has 0 aliphatic heterocycles. The van der Waals surface area contributed by atoms with E-state index < -0.39 is 0 Å². The molecule has 0 saturated heterocycles. The Morgan fingerprint density at radius 2 is 2.00 bits per heavy atom. The smallest absolute Gasteiger partial charge is 0.305 e. The number of ether oxygens (including phenoxy) is 1. The zero-order valence-electron chi connectivity index (χ0n) is 13.6. The lowest BCUT2D eigenvalue weighted by Gasteiger charge is -2.11. The molecule has 0 fully saturated rings. The second kappa shape index (κ2) is 13.4. The van der Waals surface area contributed by atoms with Crippen LogP contribution in [0.2, 0.25) is 5.02 Å². The summed E-state index contributed by atoms with van der Waals surface area (Å²) in [5.41, 5.74) is 1.19. The number of guanidine groups is 1. The standard InChI is InChI=1S/C16H24ClN3O2.HI/c1-18-16(19-10-4-3-8-15(21)22-2)20-11-9-13-6-5-7-14(17)12-13;/h5-7,12H,3-4,8-11H2,1-2H3,(H2,18,19,20);1H. The Kier molecular flexibility index (Phi) is 12.8. The van der Waals surface area contributed by atoms with E-state index in [4.69, 9.17) is 11.6 Å². The highest BCUT2D eigenvalue weighted by atomic mass is 127. The van der Waals surface area contributed by atoms with E-state index in [2.05, 4.69) is 26.4 Å². The third-order valence-corrected chi connectivity index (χ3v) is 3.38. The number of unbranched alkanes of at least 4 members (excludes halogenated alkanes) is 1. The normalized spacial score (nSPS) is 10.7. The summed E-state index contributed by atoms with van der Waals surface area (Å²) in [4.78, 5) is 15.1. The van der Waals surface area contributed by atoms with Gasteiger partial charge < -0.3 is 15.4 Å². The van der Waals surface area contributed by atoms with E-state index in [-0.39, 0.29) is 29.9 Å². The number of nitrogens with zero attached hydrogens (tertiary/aromatic N) is 1. The number of aliphatic imine (C=N–C) groups is 1. The molecule has 1 rings (SSSR count). The molecule has 5 nitrogen and oxygen atoms in total. The van der Waals surface area contributed by atoms with E-state index >= 15 is 0 Å². The van der Waals surface area contributed by atoms with Gasteiger partial charge in [0, 0.05) is 31.6 Å². The molecule has 0 aliphatic carbocycles. The first-order chi connectivity index (χ1) is 10.7. The number of methoxy groups -OCH3 is 1. The van der Waals surface area contributed by atoms with Gasteiger partial charge >= 0.3 is 5.97 Å². The van der Waals surface area contributed by atoms with Gasteiger partial charge in [-0.3, -0.25) is 9.79 Å². The van der Waals surface area contributed by atoms with Crippen LogP contribution in [0.1, 0.15) is 24.8 Å². The molecule has 0 amide bonds. The van der Waals surface area contributed by atoms with Crippen LogP contribution in [-0.2, 0) is 16.0 Å². The summed E-state index contributed by atoms with van der Waals surface area (Å²) in [6.07, 6.45) is 3.03. The Morgan fingerprint density at radius 3 is 2.65 bits per heavy atom. The maximum absolute atomic E-state index is 11.0. The molecule has 0 aromatic heterocycles. The van der Waals surface area contributed by atoms with Crippen molar-refractivity contribution in [3.8, 4) is 0 Å². The average Bonchev–Trinajstić information content (AvgIpc) is 2.52. The maximum Gasteiger partial charge on any atom is 0.305 e. The van der Waals surface area contributed by atoms with Crippen molar-refractivity contribution in [3.63, 3.8) is 0 Å². The summed E-state index contributed by atoms with van der Waals surface area (Å²) in [6.45, 7) is 1.55. The molecule has 0 atom stereocenters. The van der Waals surface area contributed by atoms with Crippen LogP contribution >= 0.6 is 35.6 Å². The van der Waals surface area contributed by atoms with Crippen LogP contribution in [0.4, 0.5) is 0 Å². The summed E-state index contributed by atoms with van der Waals surface area (Å²) in [5, 5.41) is 7.23. The van der Waals surface area contributed by atoms with Gasteiger partial charge in [0.05, 0.1) is 7.11 Å². The fraction of sp³-hybridized carbons (Fsp3) is 0.500. The molecule has 0 radical (unpaired) electrons. The first kappa shape index (κ1) is 22.0. The minimum Gasteiger partial charge on any atom is -0.469 e. The number of halogens is 2. The average molecular weight is 454 g/mol. The molecule has 0 bridgehead atoms. The predicted octanol–water partition coefficient (Wildman–Crippen LogP) is 3.01. The number of nitrogens with one attached hydrogen (secondary N) is 2. The summed E-state index contributed by atoms with van der Waals surface area (Å²) in [5.74, 6) is 0.601. The highest BCUT2D eigenvalue weighted by Crippen LogP contribution is 2.10. The van der Waals surface area contributed by atoms with Crippen LogP contribution in [-0.4, -0.2) is 39.2 Å². The molecule has 0 spiro atoms. The van der Waals surface area contributed by atoms with Crippen molar-refractivity contribution in [1.29, 1.82) is 0 Å². The van der Waals surface area contributed by atoms with Crippen molar-refractivity contribution in [1.82, 2.24) is 10.6 Å². The molecule has 0 aliphatic rings. The lowest BCUT2D eigenvalue weighted by molar-refractivity contribution is -0.140. The fourth-order valence-corrected chi connectivity index (χ4v) is 2.15. The van der Waals surface area contributed by atoms with Gasteiger partial charge in [-0.1, -0.05) is 23.7 Å². The van der Waals surface area contributed by atoms with Crippen LogP contribution in [0, 0.1) is 0 Å². The highest BCUT2D eigenvalue weighted by molar-refractivity contribution is 14.0. The third kappa shape index (κ3) is 10.4. The van der Waals surface area contributed by atoms with Gasteiger partial charge in [-0.2, -0.15) is 0 Å². The monoisotopic (exact) mass is 453 g/mol. The third-order valence-electron chi connectivity index (χ3n) is 3.15. The molecule has 0 unspecified atom stereocenters. The zero-order chi connectivity index (χ0) is 16.2. The topological polar surface area (TPSA) is 62.7 Å². The van der Waals surface area contributed by atoms with Gasteiger partial charge in [0.25, 0.3) is 0 Å². The Morgan fingerprint density at radius 1 is 1.26 bits per heavy atom. The number of carbonyl (C=O) groups excluding carboxylic acids is 1. The number of benzene rings is 1. The Balaban J connectivity index is 0.00000484. The van der Waals surface area contributed by atoms with Gasteiger partial charge in [-0.05, 0) is 37.0 Å². The number of carbonyl (C=O) groups is 1. The lowest BCUT2D eigenvalue weighted by atomic mass is 10.1. The van der Waals surface area contributed by atoms with Crippen LogP contribution < -0.4 is 10.6 Å². The van der Waals surface area contributed by atoms with Crippen molar-refractivity contribution < 1.29 is 9.53 Å². The number of hydrogen-bond acceptors (Lipinski definition) is 3. The van der Waals surface area contributed by atoms with Crippen molar-refractivity contribution in [2.45, 2.75) is 25.7 Å². The first-order valence-electron chi connectivity index (χ1n) is 7.41. The molecule has 2 N–H and O–H groups in total. The fourth-order valence-electron chi connectivity index (χ4n) is 1.94. The van der Waals surface area contributed by atoms with Crippen LogP contribution in [0.25, 0.3) is 0 Å². The van der Waals surface area contributed by atoms with E-state index in [0.717, 1.165) is 43.3 Å². The first-order valence-corrected chi connectivity index (χ1v) is 7.79. The molecule has 0 heterocycles. The van der Waals surface area contributed by atoms with Crippen LogP contribution in [0.5, 0.6) is 0 Å². The van der Waals surface area contributed by atoms with Crippen molar-refractivity contribution in [3.05, 3.63) is 34.9 Å². The Hall–Kier alpha value is -1.02. The summed E-state index contributed by atoms with van der Waals surface area (Å²) < 4.78 is 4.60. The van der Waals surface area contributed by atoms with Crippen molar-refractivity contribution >= 4 is 47.5 Å². The molecule has 1 aromatic rings. The van der Waals surface area contributed by atoms with E-state index in [1.165, 1.54) is 12.7 Å². The summed E-state index contributed by atoms with van der Waals surface area (Å²) in [6, 6.07) is 7.84. The van der Waals surface area contributed by atoms with Gasteiger partial charge in [0.15, 0.2) is 5.96 Å². The lowest BCUT2D eigenvalue weighted by Crippen LogP contribution is -2.38. The zero-order valence-corrected chi connectivity index (χ0v) is 16.7. The molecule has 130 valence electrons. The van der Waals surface area contributed by atoms with Gasteiger partial charge in [0.1, 0.15) is 0 Å². The van der Waals surface area contributed by atoms with Gasteiger partial charge in [0.2, 0.25) is 0 Å². The summed E-state index contributed by atoms with van der Waals surface area (Å²) in [7, 11) is 3.15. The quantitative estimate of drug-likeness (QED) is 0.209. The molecule has 0 saturated carbocycles. The summed E-state index contributed by atoms with van der Waals surface area (Å²) >= 11 is 5.96. The number of hydrogen-bond donors (Lipinski definition) is 2. The van der Waals surface area contributed by atoms with Crippen molar-refractivity contribution in [2.24, 2.45) is 4.99 Å². The maximum atomic E-state index is 11.0. The largest absolute Gasteiger partial charge is 0.469 e. The second-order valence-corrected chi connectivity index (χ2v) is 5.28. The van der Waals surface area contributed by atoms with Crippen LogP contribution in [0.15, 0.2) is 29.3 Å².